The molecule has 1 amide bonds. The summed E-state index contributed by atoms with van der Waals surface area (Å²) < 4.78 is 0. The fourth-order valence-electron chi connectivity index (χ4n) is 1.95. The van der Waals surface area contributed by atoms with Crippen molar-refractivity contribution in [3.63, 3.8) is 0 Å². The molecule has 3 nitrogen and oxygen atoms in total. The second kappa shape index (κ2) is 5.89. The Morgan fingerprint density at radius 3 is 2.84 bits per heavy atom. The Balaban J connectivity index is 2.06. The molecule has 2 N–H and O–H groups in total. The topological polar surface area (TPSA) is 46.3 Å². The van der Waals surface area contributed by atoms with Crippen LogP contribution in [-0.2, 0) is 11.2 Å². The van der Waals surface area contributed by atoms with E-state index in [-0.39, 0.29) is 11.9 Å². The molecular formula is C15H18N2OS. The fraction of sp³-hybridized carbons (Fsp3) is 0.267. The Morgan fingerprint density at radius 2 is 2.21 bits per heavy atom. The first-order valence-electron chi connectivity index (χ1n) is 6.20. The number of amides is 1. The van der Waals surface area contributed by atoms with Crippen LogP contribution in [0.1, 0.15) is 24.1 Å². The van der Waals surface area contributed by atoms with Gasteiger partial charge in [-0.25, -0.2) is 0 Å². The van der Waals surface area contributed by atoms with Crippen molar-refractivity contribution in [2.75, 3.05) is 12.8 Å². The highest BCUT2D eigenvalue weighted by Gasteiger charge is 2.17. The van der Waals surface area contributed by atoms with Gasteiger partial charge in [0.1, 0.15) is 0 Å². The molecule has 2 rings (SSSR count). The number of carbonyl (C=O) groups excluding carboxylic acids is 1. The van der Waals surface area contributed by atoms with E-state index in [0.29, 0.717) is 6.42 Å². The lowest BCUT2D eigenvalue weighted by Gasteiger charge is -2.25. The number of rotatable bonds is 4. The minimum Gasteiger partial charge on any atom is -0.399 e. The molecule has 1 aromatic carbocycles. The van der Waals surface area contributed by atoms with Gasteiger partial charge < -0.3 is 10.6 Å². The third kappa shape index (κ3) is 3.35. The molecule has 19 heavy (non-hydrogen) atoms. The van der Waals surface area contributed by atoms with Gasteiger partial charge in [0.15, 0.2) is 0 Å². The van der Waals surface area contributed by atoms with Gasteiger partial charge in [-0.05, 0) is 47.0 Å². The van der Waals surface area contributed by atoms with Crippen LogP contribution in [0.5, 0.6) is 0 Å². The highest BCUT2D eigenvalue weighted by atomic mass is 32.1. The standard InChI is InChI=1S/C15H18N2OS/c1-11(13-4-3-5-14(16)9-13)17(2)15(18)8-12-6-7-19-10-12/h3-7,9-11H,8,16H2,1-2H3. The maximum Gasteiger partial charge on any atom is 0.227 e. The van der Waals surface area contributed by atoms with Crippen molar-refractivity contribution in [3.8, 4) is 0 Å². The van der Waals surface area contributed by atoms with E-state index in [1.165, 1.54) is 0 Å². The van der Waals surface area contributed by atoms with Gasteiger partial charge in [-0.2, -0.15) is 11.3 Å². The molecule has 1 heterocycles. The molecule has 0 spiro atoms. The Hall–Kier alpha value is -1.81. The molecule has 0 bridgehead atoms. The SMILES string of the molecule is CC(c1cccc(N)c1)N(C)C(=O)Cc1ccsc1. The predicted octanol–water partition coefficient (Wildman–Crippen LogP) is 3.09. The van der Waals surface area contributed by atoms with E-state index >= 15 is 0 Å². The van der Waals surface area contributed by atoms with Crippen LogP contribution in [0, 0.1) is 0 Å². The highest BCUT2D eigenvalue weighted by Crippen LogP contribution is 2.21. The lowest BCUT2D eigenvalue weighted by atomic mass is 10.1. The van der Waals surface area contributed by atoms with Gasteiger partial charge in [-0.15, -0.1) is 0 Å². The number of nitrogen functional groups attached to an aromatic ring is 1. The number of thiophene rings is 1. The van der Waals surface area contributed by atoms with E-state index in [2.05, 4.69) is 0 Å². The van der Waals surface area contributed by atoms with Gasteiger partial charge in [0.05, 0.1) is 12.5 Å². The second-order valence-corrected chi connectivity index (χ2v) is 5.44. The van der Waals surface area contributed by atoms with Gasteiger partial charge in [-0.1, -0.05) is 12.1 Å². The summed E-state index contributed by atoms with van der Waals surface area (Å²) in [6.45, 7) is 2.01. The van der Waals surface area contributed by atoms with E-state index in [1.807, 2.05) is 55.1 Å². The molecule has 0 fully saturated rings. The number of nitrogens with zero attached hydrogens (tertiary/aromatic N) is 1. The fourth-order valence-corrected chi connectivity index (χ4v) is 2.62. The number of likely N-dealkylation sites (N-methyl/N-ethyl adjacent to an activating group) is 1. The van der Waals surface area contributed by atoms with Crippen LogP contribution >= 0.6 is 11.3 Å². The molecule has 0 radical (unpaired) electrons. The molecule has 2 aromatic rings. The molecule has 0 aliphatic heterocycles. The first-order chi connectivity index (χ1) is 9.08. The smallest absolute Gasteiger partial charge is 0.227 e. The summed E-state index contributed by atoms with van der Waals surface area (Å²) in [6.07, 6.45) is 0.451. The van der Waals surface area contributed by atoms with Crippen molar-refractivity contribution in [2.45, 2.75) is 19.4 Å². The van der Waals surface area contributed by atoms with E-state index in [4.69, 9.17) is 5.73 Å². The number of anilines is 1. The summed E-state index contributed by atoms with van der Waals surface area (Å²) in [5.41, 5.74) is 8.63. The second-order valence-electron chi connectivity index (χ2n) is 4.66. The Kier molecular flexibility index (Phi) is 4.22. The summed E-state index contributed by atoms with van der Waals surface area (Å²) in [7, 11) is 1.84. The lowest BCUT2D eigenvalue weighted by Crippen LogP contribution is -2.30. The highest BCUT2D eigenvalue weighted by molar-refractivity contribution is 7.07. The van der Waals surface area contributed by atoms with Crippen LogP contribution in [0.2, 0.25) is 0 Å². The molecule has 0 saturated heterocycles. The minimum absolute atomic E-state index is 0.0228. The minimum atomic E-state index is 0.0228. The summed E-state index contributed by atoms with van der Waals surface area (Å²) in [6, 6.07) is 9.69. The average Bonchev–Trinajstić information content (AvgIpc) is 2.89. The van der Waals surface area contributed by atoms with Gasteiger partial charge in [0.25, 0.3) is 0 Å². The Morgan fingerprint density at radius 1 is 1.42 bits per heavy atom. The lowest BCUT2D eigenvalue weighted by molar-refractivity contribution is -0.131. The quantitative estimate of drug-likeness (QED) is 0.871. The molecule has 100 valence electrons. The third-order valence-corrected chi connectivity index (χ3v) is 4.03. The number of carbonyl (C=O) groups is 1. The zero-order chi connectivity index (χ0) is 13.8. The number of benzene rings is 1. The molecule has 1 aromatic heterocycles. The zero-order valence-corrected chi connectivity index (χ0v) is 12.0. The number of nitrogens with two attached hydrogens (primary N) is 1. The van der Waals surface area contributed by atoms with Crippen molar-refractivity contribution >= 4 is 22.9 Å². The zero-order valence-electron chi connectivity index (χ0n) is 11.2. The molecule has 1 atom stereocenters. The molecule has 4 heteroatoms. The summed E-state index contributed by atoms with van der Waals surface area (Å²) >= 11 is 1.61. The van der Waals surface area contributed by atoms with Gasteiger partial charge in [-0.3, -0.25) is 4.79 Å². The first kappa shape index (κ1) is 13.6. The molecule has 0 aliphatic rings. The van der Waals surface area contributed by atoms with Crippen molar-refractivity contribution in [1.82, 2.24) is 4.90 Å². The Bertz CT molecular complexity index is 551. The summed E-state index contributed by atoms with van der Waals surface area (Å²) in [5.74, 6) is 0.119. The van der Waals surface area contributed by atoms with E-state index < -0.39 is 0 Å². The maximum absolute atomic E-state index is 12.2. The molecule has 1 unspecified atom stereocenters. The van der Waals surface area contributed by atoms with E-state index in [9.17, 15) is 4.79 Å². The third-order valence-electron chi connectivity index (χ3n) is 3.30. The molecular weight excluding hydrogens is 256 g/mol. The van der Waals surface area contributed by atoms with Crippen molar-refractivity contribution < 1.29 is 4.79 Å². The van der Waals surface area contributed by atoms with Crippen LogP contribution in [0.4, 0.5) is 5.69 Å². The Labute approximate surface area is 117 Å². The van der Waals surface area contributed by atoms with Gasteiger partial charge >= 0.3 is 0 Å². The number of hydrogen-bond acceptors (Lipinski definition) is 3. The predicted molar refractivity (Wildman–Crippen MR) is 80.1 cm³/mol. The van der Waals surface area contributed by atoms with Crippen LogP contribution in [0.15, 0.2) is 41.1 Å². The largest absolute Gasteiger partial charge is 0.399 e. The first-order valence-corrected chi connectivity index (χ1v) is 7.14. The van der Waals surface area contributed by atoms with E-state index in [0.717, 1.165) is 16.8 Å². The monoisotopic (exact) mass is 274 g/mol. The summed E-state index contributed by atoms with van der Waals surface area (Å²) in [4.78, 5) is 14.0. The number of hydrogen-bond donors (Lipinski definition) is 1. The molecule has 0 aliphatic carbocycles. The van der Waals surface area contributed by atoms with Crippen LogP contribution in [0.3, 0.4) is 0 Å². The average molecular weight is 274 g/mol. The van der Waals surface area contributed by atoms with Crippen molar-refractivity contribution in [2.24, 2.45) is 0 Å². The normalized spacial score (nSPS) is 12.1. The van der Waals surface area contributed by atoms with Crippen molar-refractivity contribution in [1.29, 1.82) is 0 Å². The van der Waals surface area contributed by atoms with Crippen LogP contribution in [-0.4, -0.2) is 17.9 Å². The van der Waals surface area contributed by atoms with Crippen molar-refractivity contribution in [3.05, 3.63) is 52.2 Å². The van der Waals surface area contributed by atoms with E-state index in [1.54, 1.807) is 16.2 Å². The summed E-state index contributed by atoms with van der Waals surface area (Å²) in [5, 5.41) is 4.00. The van der Waals surface area contributed by atoms with Crippen LogP contribution in [0.25, 0.3) is 0 Å². The molecule has 0 saturated carbocycles. The van der Waals surface area contributed by atoms with Gasteiger partial charge in [0.2, 0.25) is 5.91 Å². The van der Waals surface area contributed by atoms with Crippen LogP contribution < -0.4 is 5.73 Å². The maximum atomic E-state index is 12.2. The van der Waals surface area contributed by atoms with Gasteiger partial charge in [0, 0.05) is 12.7 Å².